The lowest BCUT2D eigenvalue weighted by atomic mass is 10.0. The lowest BCUT2D eigenvalue weighted by molar-refractivity contribution is 0.598. The molecule has 3 rings (SSSR count). The van der Waals surface area contributed by atoms with Crippen LogP contribution in [0.4, 0.5) is 0 Å². The van der Waals surface area contributed by atoms with Crippen molar-refractivity contribution in [2.45, 2.75) is 4.90 Å². The molecule has 0 fully saturated rings. The van der Waals surface area contributed by atoms with Gasteiger partial charge in [0.2, 0.25) is 10.0 Å². The van der Waals surface area contributed by atoms with E-state index in [-0.39, 0.29) is 4.90 Å². The van der Waals surface area contributed by atoms with E-state index >= 15 is 0 Å². The molecule has 0 saturated carbocycles. The van der Waals surface area contributed by atoms with E-state index in [9.17, 15) is 8.42 Å². The van der Waals surface area contributed by atoms with Crippen molar-refractivity contribution >= 4 is 10.0 Å². The highest BCUT2D eigenvalue weighted by Gasteiger charge is 2.07. The van der Waals surface area contributed by atoms with Crippen LogP contribution in [0.3, 0.4) is 0 Å². The minimum Gasteiger partial charge on any atom is -0.225 e. The van der Waals surface area contributed by atoms with Gasteiger partial charge in [0.05, 0.1) is 4.90 Å². The molecular weight excluding hydrogens is 294 g/mol. The summed E-state index contributed by atoms with van der Waals surface area (Å²) in [4.78, 5) is 0.122. The highest BCUT2D eigenvalue weighted by Crippen LogP contribution is 2.25. The van der Waals surface area contributed by atoms with Gasteiger partial charge in [-0.2, -0.15) is 0 Å². The fourth-order valence-corrected chi connectivity index (χ4v) is 2.84. The summed E-state index contributed by atoms with van der Waals surface area (Å²) in [5, 5.41) is 5.10. The summed E-state index contributed by atoms with van der Waals surface area (Å²) in [5.74, 6) is 0. The van der Waals surface area contributed by atoms with Gasteiger partial charge >= 0.3 is 0 Å². The monoisotopic (exact) mass is 309 g/mol. The van der Waals surface area contributed by atoms with Crippen molar-refractivity contribution in [2.75, 3.05) is 0 Å². The average molecular weight is 309 g/mol. The van der Waals surface area contributed by atoms with Crippen LogP contribution in [0.2, 0.25) is 0 Å². The molecule has 0 spiro atoms. The van der Waals surface area contributed by atoms with Crippen molar-refractivity contribution in [2.24, 2.45) is 5.14 Å². The van der Waals surface area contributed by atoms with Crippen LogP contribution in [0, 0.1) is 0 Å². The predicted molar refractivity (Wildman–Crippen MR) is 88.7 cm³/mol. The van der Waals surface area contributed by atoms with Gasteiger partial charge in [0, 0.05) is 0 Å². The van der Waals surface area contributed by atoms with E-state index in [1.807, 2.05) is 30.3 Å². The van der Waals surface area contributed by atoms with E-state index in [2.05, 4.69) is 24.3 Å². The molecular formula is C18H15NO2S. The zero-order chi connectivity index (χ0) is 15.6. The Kier molecular flexibility index (Phi) is 3.79. The first-order valence-electron chi connectivity index (χ1n) is 6.83. The Bertz CT molecular complexity index is 869. The van der Waals surface area contributed by atoms with Gasteiger partial charge in [-0.05, 0) is 34.4 Å². The Labute approximate surface area is 130 Å². The number of hydrogen-bond acceptors (Lipinski definition) is 2. The first-order chi connectivity index (χ1) is 10.5. The van der Waals surface area contributed by atoms with Crippen molar-refractivity contribution in [1.82, 2.24) is 0 Å². The van der Waals surface area contributed by atoms with Crippen molar-refractivity contribution in [3.63, 3.8) is 0 Å². The quantitative estimate of drug-likeness (QED) is 0.802. The largest absolute Gasteiger partial charge is 0.238 e. The summed E-state index contributed by atoms with van der Waals surface area (Å²) in [6, 6.07) is 24.9. The number of primary sulfonamides is 1. The molecule has 0 heterocycles. The van der Waals surface area contributed by atoms with E-state index in [1.165, 1.54) is 17.7 Å². The lowest BCUT2D eigenvalue weighted by Crippen LogP contribution is -2.11. The van der Waals surface area contributed by atoms with E-state index in [1.54, 1.807) is 12.1 Å². The molecule has 0 unspecified atom stereocenters. The number of benzene rings is 3. The van der Waals surface area contributed by atoms with Crippen LogP contribution in [-0.2, 0) is 10.0 Å². The second kappa shape index (κ2) is 5.75. The predicted octanol–water partition coefficient (Wildman–Crippen LogP) is 3.67. The molecule has 0 bridgehead atoms. The lowest BCUT2D eigenvalue weighted by Gasteiger charge is -2.06. The zero-order valence-electron chi connectivity index (χ0n) is 11.8. The number of nitrogens with two attached hydrogens (primary N) is 1. The fraction of sp³-hybridized carbons (Fsp3) is 0. The second-order valence-electron chi connectivity index (χ2n) is 5.01. The molecule has 2 N–H and O–H groups in total. The third kappa shape index (κ3) is 3.08. The Balaban J connectivity index is 1.90. The van der Waals surface area contributed by atoms with Gasteiger partial charge in [0.15, 0.2) is 0 Å². The van der Waals surface area contributed by atoms with Gasteiger partial charge in [-0.25, -0.2) is 13.6 Å². The summed E-state index contributed by atoms with van der Waals surface area (Å²) in [5.41, 5.74) is 4.29. The first kappa shape index (κ1) is 14.5. The normalized spacial score (nSPS) is 11.3. The minimum absolute atomic E-state index is 0.122. The molecule has 0 saturated heterocycles. The Morgan fingerprint density at radius 1 is 0.545 bits per heavy atom. The Morgan fingerprint density at radius 2 is 0.909 bits per heavy atom. The molecule has 0 aromatic heterocycles. The maximum absolute atomic E-state index is 11.3. The number of sulfonamides is 1. The standard InChI is InChI=1S/C18H15NO2S/c19-22(20,21)18-12-10-17(11-13-18)16-8-6-15(7-9-16)14-4-2-1-3-5-14/h1-13H,(H2,19,20,21). The highest BCUT2D eigenvalue weighted by molar-refractivity contribution is 7.89. The van der Waals surface area contributed by atoms with Crippen molar-refractivity contribution in [1.29, 1.82) is 0 Å². The molecule has 22 heavy (non-hydrogen) atoms. The van der Waals surface area contributed by atoms with Gasteiger partial charge in [-0.15, -0.1) is 0 Å². The third-order valence-corrected chi connectivity index (χ3v) is 4.44. The van der Waals surface area contributed by atoms with E-state index in [0.717, 1.165) is 16.7 Å². The van der Waals surface area contributed by atoms with E-state index in [0.29, 0.717) is 0 Å². The van der Waals surface area contributed by atoms with Crippen LogP contribution < -0.4 is 5.14 Å². The molecule has 0 aliphatic rings. The van der Waals surface area contributed by atoms with Crippen molar-refractivity contribution in [3.05, 3.63) is 78.9 Å². The summed E-state index contributed by atoms with van der Waals surface area (Å²) < 4.78 is 22.5. The van der Waals surface area contributed by atoms with Crippen molar-refractivity contribution < 1.29 is 8.42 Å². The van der Waals surface area contributed by atoms with E-state index in [4.69, 9.17) is 5.14 Å². The third-order valence-electron chi connectivity index (χ3n) is 3.51. The van der Waals surface area contributed by atoms with Crippen LogP contribution in [0.25, 0.3) is 22.3 Å². The van der Waals surface area contributed by atoms with Gasteiger partial charge in [0.1, 0.15) is 0 Å². The Morgan fingerprint density at radius 3 is 1.32 bits per heavy atom. The average Bonchev–Trinajstić information content (AvgIpc) is 2.55. The van der Waals surface area contributed by atoms with Crippen molar-refractivity contribution in [3.8, 4) is 22.3 Å². The molecule has 0 aliphatic carbocycles. The zero-order valence-corrected chi connectivity index (χ0v) is 12.6. The van der Waals surface area contributed by atoms with Gasteiger partial charge in [-0.1, -0.05) is 66.7 Å². The SMILES string of the molecule is NS(=O)(=O)c1ccc(-c2ccc(-c3ccccc3)cc2)cc1. The van der Waals surface area contributed by atoms with Gasteiger partial charge < -0.3 is 0 Å². The smallest absolute Gasteiger partial charge is 0.225 e. The molecule has 3 nitrogen and oxygen atoms in total. The van der Waals surface area contributed by atoms with Crippen LogP contribution in [0.1, 0.15) is 0 Å². The molecule has 4 heteroatoms. The number of hydrogen-bond donors (Lipinski definition) is 1. The fourth-order valence-electron chi connectivity index (χ4n) is 2.32. The molecule has 0 amide bonds. The summed E-state index contributed by atoms with van der Waals surface area (Å²) in [7, 11) is -3.64. The number of rotatable bonds is 3. The van der Waals surface area contributed by atoms with Crippen LogP contribution in [0.5, 0.6) is 0 Å². The molecule has 110 valence electrons. The summed E-state index contributed by atoms with van der Waals surface area (Å²) in [6.45, 7) is 0. The highest BCUT2D eigenvalue weighted by atomic mass is 32.2. The minimum atomic E-state index is -3.64. The summed E-state index contributed by atoms with van der Waals surface area (Å²) >= 11 is 0. The van der Waals surface area contributed by atoms with E-state index < -0.39 is 10.0 Å². The van der Waals surface area contributed by atoms with Crippen LogP contribution in [-0.4, -0.2) is 8.42 Å². The molecule has 0 radical (unpaired) electrons. The molecule has 3 aromatic rings. The van der Waals surface area contributed by atoms with Crippen LogP contribution >= 0.6 is 0 Å². The van der Waals surface area contributed by atoms with Gasteiger partial charge in [-0.3, -0.25) is 0 Å². The summed E-state index contributed by atoms with van der Waals surface area (Å²) in [6.07, 6.45) is 0. The molecule has 3 aromatic carbocycles. The first-order valence-corrected chi connectivity index (χ1v) is 8.37. The van der Waals surface area contributed by atoms with Gasteiger partial charge in [0.25, 0.3) is 0 Å². The topological polar surface area (TPSA) is 60.2 Å². The Hall–Kier alpha value is -2.43. The maximum Gasteiger partial charge on any atom is 0.238 e. The second-order valence-corrected chi connectivity index (χ2v) is 6.57. The van der Waals surface area contributed by atoms with Crippen LogP contribution in [0.15, 0.2) is 83.8 Å². The maximum atomic E-state index is 11.3. The molecule has 0 atom stereocenters. The molecule has 0 aliphatic heterocycles.